The minimum absolute atomic E-state index is 0.162. The Balaban J connectivity index is 2.47. The lowest BCUT2D eigenvalue weighted by molar-refractivity contribution is -0.0277. The van der Waals surface area contributed by atoms with Gasteiger partial charge in [0, 0.05) is 7.05 Å². The smallest absolute Gasteiger partial charge is 0.271 e. The summed E-state index contributed by atoms with van der Waals surface area (Å²) in [6, 6.07) is 0. The Morgan fingerprint density at radius 1 is 1.50 bits per heavy atom. The predicted molar refractivity (Wildman–Crippen MR) is 48.7 cm³/mol. The van der Waals surface area contributed by atoms with Gasteiger partial charge >= 0.3 is 0 Å². The molecule has 0 fully saturated rings. The lowest BCUT2D eigenvalue weighted by Gasteiger charge is -2.29. The van der Waals surface area contributed by atoms with E-state index in [1.54, 1.807) is 0 Å². The summed E-state index contributed by atoms with van der Waals surface area (Å²) >= 11 is 0. The molecule has 0 bridgehead atoms. The molecular formula is C10H14F3N. The summed E-state index contributed by atoms with van der Waals surface area (Å²) in [5, 5.41) is 0. The maximum absolute atomic E-state index is 13.1. The van der Waals surface area contributed by atoms with Gasteiger partial charge in [0.15, 0.2) is 5.67 Å². The average molecular weight is 205 g/mol. The fraction of sp³-hybridized carbons (Fsp3) is 0.700. The van der Waals surface area contributed by atoms with Crippen molar-refractivity contribution in [1.82, 2.24) is 4.90 Å². The molecule has 4 heteroatoms. The molecule has 0 saturated heterocycles. The summed E-state index contributed by atoms with van der Waals surface area (Å²) in [6.07, 6.45) is -2.77. The molecule has 1 unspecified atom stereocenters. The third kappa shape index (κ3) is 2.13. The maximum Gasteiger partial charge on any atom is 0.271 e. The highest BCUT2D eigenvalue weighted by Gasteiger charge is 2.35. The second-order valence-electron chi connectivity index (χ2n) is 3.79. The van der Waals surface area contributed by atoms with E-state index in [0.29, 0.717) is 6.42 Å². The van der Waals surface area contributed by atoms with Crippen molar-refractivity contribution in [2.24, 2.45) is 0 Å². The lowest BCUT2D eigenvalue weighted by Crippen LogP contribution is -2.30. The molecule has 0 aromatic rings. The van der Waals surface area contributed by atoms with Gasteiger partial charge in [-0.15, -0.1) is 0 Å². The van der Waals surface area contributed by atoms with E-state index in [2.05, 4.69) is 5.73 Å². The van der Waals surface area contributed by atoms with Crippen LogP contribution >= 0.6 is 0 Å². The second-order valence-corrected chi connectivity index (χ2v) is 3.79. The third-order valence-electron chi connectivity index (χ3n) is 2.54. The molecule has 0 aromatic carbocycles. The molecule has 1 heterocycles. The van der Waals surface area contributed by atoms with Gasteiger partial charge < -0.3 is 4.90 Å². The van der Waals surface area contributed by atoms with Gasteiger partial charge in [-0.1, -0.05) is 5.73 Å². The molecule has 0 aliphatic carbocycles. The van der Waals surface area contributed by atoms with Crippen molar-refractivity contribution in [3.05, 3.63) is 17.1 Å². The second kappa shape index (κ2) is 3.70. The number of hydrogen-bond acceptors (Lipinski definition) is 1. The maximum atomic E-state index is 13.1. The van der Waals surface area contributed by atoms with Crippen molar-refractivity contribution in [1.29, 1.82) is 0 Å². The zero-order valence-corrected chi connectivity index (χ0v) is 8.57. The van der Waals surface area contributed by atoms with E-state index in [0.717, 1.165) is 18.3 Å². The standard InChI is InChI=1S/C10H14F3N/c1-7-6-8(14(7)3)4-5-10(2,13)9(11)12/h9H,4-5H2,1-3H3. The van der Waals surface area contributed by atoms with E-state index < -0.39 is 12.1 Å². The molecule has 0 saturated carbocycles. The number of nitrogens with zero attached hydrogens (tertiary/aromatic N) is 1. The third-order valence-corrected chi connectivity index (χ3v) is 2.54. The van der Waals surface area contributed by atoms with E-state index in [9.17, 15) is 13.2 Å². The summed E-state index contributed by atoms with van der Waals surface area (Å²) < 4.78 is 37.4. The molecular weight excluding hydrogens is 191 g/mol. The first-order valence-electron chi connectivity index (χ1n) is 4.52. The fourth-order valence-corrected chi connectivity index (χ4v) is 1.23. The van der Waals surface area contributed by atoms with Crippen LogP contribution in [0.1, 0.15) is 26.7 Å². The van der Waals surface area contributed by atoms with Gasteiger partial charge in [0.2, 0.25) is 0 Å². The predicted octanol–water partition coefficient (Wildman–Crippen LogP) is 3.09. The van der Waals surface area contributed by atoms with Gasteiger partial charge in [-0.3, -0.25) is 0 Å². The quantitative estimate of drug-likeness (QED) is 0.637. The van der Waals surface area contributed by atoms with Crippen LogP contribution in [-0.4, -0.2) is 24.0 Å². The van der Waals surface area contributed by atoms with E-state index in [1.165, 1.54) is 0 Å². The molecule has 1 nitrogen and oxygen atoms in total. The summed E-state index contributed by atoms with van der Waals surface area (Å²) in [5.74, 6) is 0. The molecule has 0 spiro atoms. The fourth-order valence-electron chi connectivity index (χ4n) is 1.23. The molecule has 1 rings (SSSR count). The highest BCUT2D eigenvalue weighted by atomic mass is 19.3. The molecule has 1 atom stereocenters. The van der Waals surface area contributed by atoms with Crippen LogP contribution in [-0.2, 0) is 0 Å². The van der Waals surface area contributed by atoms with Crippen LogP contribution in [0.4, 0.5) is 13.2 Å². The Labute approximate surface area is 81.9 Å². The minimum Gasteiger partial charge on any atom is -0.339 e. The van der Waals surface area contributed by atoms with Crippen molar-refractivity contribution in [2.45, 2.75) is 38.8 Å². The normalized spacial score (nSPS) is 20.1. The Hall–Kier alpha value is -0.890. The van der Waals surface area contributed by atoms with Gasteiger partial charge in [-0.05, 0) is 26.7 Å². The summed E-state index contributed by atoms with van der Waals surface area (Å²) in [4.78, 5) is 1.83. The molecule has 80 valence electrons. The van der Waals surface area contributed by atoms with Gasteiger partial charge in [0.1, 0.15) is 0 Å². The van der Waals surface area contributed by atoms with Crippen molar-refractivity contribution < 1.29 is 13.2 Å². The minimum atomic E-state index is -2.92. The van der Waals surface area contributed by atoms with Crippen molar-refractivity contribution in [3.8, 4) is 0 Å². The van der Waals surface area contributed by atoms with Crippen LogP contribution in [0, 0.1) is 0 Å². The molecule has 1 aliphatic rings. The van der Waals surface area contributed by atoms with E-state index in [4.69, 9.17) is 0 Å². The van der Waals surface area contributed by atoms with Gasteiger partial charge in [-0.2, -0.15) is 0 Å². The number of rotatable bonds is 4. The van der Waals surface area contributed by atoms with E-state index >= 15 is 0 Å². The topological polar surface area (TPSA) is 3.24 Å². The first-order chi connectivity index (χ1) is 6.34. The molecule has 0 radical (unpaired) electrons. The van der Waals surface area contributed by atoms with Crippen molar-refractivity contribution in [2.75, 3.05) is 7.05 Å². The number of halogens is 3. The average Bonchev–Trinajstić information content (AvgIpc) is 2.11. The number of allylic oxidation sites excluding steroid dienone is 1. The first kappa shape index (κ1) is 11.2. The Kier molecular flexibility index (Phi) is 2.95. The summed E-state index contributed by atoms with van der Waals surface area (Å²) in [5.41, 5.74) is 2.32. The van der Waals surface area contributed by atoms with Crippen molar-refractivity contribution >= 4 is 0 Å². The zero-order valence-electron chi connectivity index (χ0n) is 8.57. The van der Waals surface area contributed by atoms with Crippen LogP contribution in [0.3, 0.4) is 0 Å². The number of alkyl halides is 3. The van der Waals surface area contributed by atoms with Crippen LogP contribution < -0.4 is 0 Å². The lowest BCUT2D eigenvalue weighted by atomic mass is 10.00. The van der Waals surface area contributed by atoms with Gasteiger partial charge in [-0.25, -0.2) is 13.2 Å². The molecule has 1 aliphatic heterocycles. The monoisotopic (exact) mass is 205 g/mol. The van der Waals surface area contributed by atoms with Crippen molar-refractivity contribution in [3.63, 3.8) is 0 Å². The summed E-state index contributed by atoms with van der Waals surface area (Å²) in [6.45, 7) is 2.80. The van der Waals surface area contributed by atoms with Crippen LogP contribution in [0.2, 0.25) is 0 Å². The molecule has 0 N–H and O–H groups in total. The molecule has 0 amide bonds. The molecule has 0 aromatic heterocycles. The van der Waals surface area contributed by atoms with Gasteiger partial charge in [0.05, 0.1) is 11.4 Å². The largest absolute Gasteiger partial charge is 0.339 e. The van der Waals surface area contributed by atoms with E-state index in [1.807, 2.05) is 18.9 Å². The van der Waals surface area contributed by atoms with Gasteiger partial charge in [0.25, 0.3) is 6.43 Å². The highest BCUT2D eigenvalue weighted by molar-refractivity contribution is 5.20. The Bertz CT molecular complexity index is 288. The van der Waals surface area contributed by atoms with E-state index in [-0.39, 0.29) is 6.42 Å². The molecule has 14 heavy (non-hydrogen) atoms. The zero-order chi connectivity index (χ0) is 10.9. The highest BCUT2D eigenvalue weighted by Crippen LogP contribution is 2.30. The first-order valence-corrected chi connectivity index (χ1v) is 4.52. The summed E-state index contributed by atoms with van der Waals surface area (Å²) in [7, 11) is 1.82. The van der Waals surface area contributed by atoms with Crippen LogP contribution in [0.5, 0.6) is 0 Å². The van der Waals surface area contributed by atoms with Crippen LogP contribution in [0.25, 0.3) is 0 Å². The number of hydrogen-bond donors (Lipinski definition) is 0. The Morgan fingerprint density at radius 2 is 2.07 bits per heavy atom. The Morgan fingerprint density at radius 3 is 2.43 bits per heavy atom. The van der Waals surface area contributed by atoms with Crippen LogP contribution in [0.15, 0.2) is 17.1 Å². The SMILES string of the molecule is CC1=C=C(CCC(C)(F)C(F)F)N1C.